The Morgan fingerprint density at radius 3 is 2.64 bits per heavy atom. The van der Waals surface area contributed by atoms with E-state index in [1.165, 1.54) is 0 Å². The van der Waals surface area contributed by atoms with Crippen LogP contribution in [0.15, 0.2) is 85.1 Å². The average Bonchev–Trinajstić information content (AvgIpc) is 3.52. The van der Waals surface area contributed by atoms with Crippen LogP contribution in [0.4, 0.5) is 0 Å². The molecule has 0 spiro atoms. The lowest BCUT2D eigenvalue weighted by Gasteiger charge is -2.41. The molecule has 0 bridgehead atoms. The van der Waals surface area contributed by atoms with E-state index >= 15 is 0 Å². The van der Waals surface area contributed by atoms with Crippen molar-refractivity contribution in [1.29, 1.82) is 0 Å². The second-order valence-corrected chi connectivity index (χ2v) is 9.72. The minimum Gasteiger partial charge on any atom is -0.361 e. The van der Waals surface area contributed by atoms with Crippen LogP contribution in [-0.2, 0) is 17.8 Å². The molecule has 180 valence electrons. The van der Waals surface area contributed by atoms with Gasteiger partial charge < -0.3 is 19.8 Å². The van der Waals surface area contributed by atoms with Crippen LogP contribution in [-0.4, -0.2) is 50.7 Å². The molecule has 3 heterocycles. The summed E-state index contributed by atoms with van der Waals surface area (Å²) < 4.78 is 0. The number of aryl methyl sites for hydroxylation is 1. The normalized spacial score (nSPS) is 16.2. The van der Waals surface area contributed by atoms with Crippen molar-refractivity contribution >= 4 is 33.6 Å². The lowest BCUT2D eigenvalue weighted by molar-refractivity contribution is -0.139. The van der Waals surface area contributed by atoms with Crippen molar-refractivity contribution < 1.29 is 9.59 Å². The number of nitrogens with one attached hydrogen (secondary N) is 2. The number of amides is 2. The maximum Gasteiger partial charge on any atom is 0.270 e. The highest BCUT2D eigenvalue weighted by atomic mass is 16.2. The summed E-state index contributed by atoms with van der Waals surface area (Å²) in [7, 11) is 0. The number of piperazine rings is 1. The first-order chi connectivity index (χ1) is 17.5. The van der Waals surface area contributed by atoms with Crippen LogP contribution in [0.25, 0.3) is 21.8 Å². The second-order valence-electron chi connectivity index (χ2n) is 9.72. The maximum atomic E-state index is 13.5. The summed E-state index contributed by atoms with van der Waals surface area (Å²) in [6, 6.07) is 26.3. The van der Waals surface area contributed by atoms with Gasteiger partial charge in [0, 0.05) is 35.7 Å². The third-order valence-electron chi connectivity index (χ3n) is 7.10. The molecule has 36 heavy (non-hydrogen) atoms. The molecule has 2 N–H and O–H groups in total. The Labute approximate surface area is 209 Å². The van der Waals surface area contributed by atoms with E-state index in [0.717, 1.165) is 38.5 Å². The molecule has 0 unspecified atom stereocenters. The number of hydrogen-bond acceptors (Lipinski definition) is 2. The first-order valence-electron chi connectivity index (χ1n) is 12.3. The molecule has 0 saturated carbocycles. The highest BCUT2D eigenvalue weighted by Gasteiger charge is 2.35. The Morgan fingerprint density at radius 2 is 1.78 bits per heavy atom. The molecular formula is C30H28N4O2. The van der Waals surface area contributed by atoms with Gasteiger partial charge in [-0.25, -0.2) is 0 Å². The fourth-order valence-electron chi connectivity index (χ4n) is 5.24. The standard InChI is InChI=1S/C30H28N4O2/c1-20-7-10-26-24(13-20)16-28(32-26)30(36)33-18-25(14-21-5-3-2-4-6-21)34(29(35)19-33)17-22-8-9-23-11-12-31-27(23)15-22/h2-13,15-16,25,31-32H,14,17-19H2,1H3/t25-/m0/s1. The second kappa shape index (κ2) is 9.04. The summed E-state index contributed by atoms with van der Waals surface area (Å²) in [5.41, 5.74) is 5.87. The molecule has 2 amide bonds. The van der Waals surface area contributed by atoms with E-state index in [-0.39, 0.29) is 24.4 Å². The fourth-order valence-corrected chi connectivity index (χ4v) is 5.24. The van der Waals surface area contributed by atoms with Crippen LogP contribution in [0.2, 0.25) is 0 Å². The Bertz CT molecular complexity index is 1570. The zero-order valence-electron chi connectivity index (χ0n) is 20.2. The number of carbonyl (C=O) groups is 2. The van der Waals surface area contributed by atoms with Gasteiger partial charge in [-0.05, 0) is 60.2 Å². The molecule has 0 radical (unpaired) electrons. The van der Waals surface area contributed by atoms with Crippen molar-refractivity contribution in [2.24, 2.45) is 0 Å². The lowest BCUT2D eigenvalue weighted by Crippen LogP contribution is -2.58. The van der Waals surface area contributed by atoms with Gasteiger partial charge in [0.2, 0.25) is 5.91 Å². The van der Waals surface area contributed by atoms with E-state index < -0.39 is 0 Å². The third-order valence-corrected chi connectivity index (χ3v) is 7.10. The van der Waals surface area contributed by atoms with Gasteiger partial charge in [0.05, 0.1) is 6.04 Å². The Hall–Kier alpha value is -4.32. The molecule has 5 aromatic rings. The predicted molar refractivity (Wildman–Crippen MR) is 142 cm³/mol. The number of nitrogens with zero attached hydrogens (tertiary/aromatic N) is 2. The Morgan fingerprint density at radius 1 is 0.917 bits per heavy atom. The van der Waals surface area contributed by atoms with E-state index in [1.807, 2.05) is 60.5 Å². The van der Waals surface area contributed by atoms with E-state index in [0.29, 0.717) is 25.2 Å². The van der Waals surface area contributed by atoms with E-state index in [1.54, 1.807) is 4.90 Å². The van der Waals surface area contributed by atoms with Crippen molar-refractivity contribution in [3.05, 3.63) is 107 Å². The maximum absolute atomic E-state index is 13.5. The summed E-state index contributed by atoms with van der Waals surface area (Å²) in [6.45, 7) is 3.11. The topological polar surface area (TPSA) is 72.2 Å². The number of rotatable bonds is 5. The molecule has 1 atom stereocenters. The van der Waals surface area contributed by atoms with Gasteiger partial charge in [0.15, 0.2) is 0 Å². The predicted octanol–water partition coefficient (Wildman–Crippen LogP) is 5.05. The summed E-state index contributed by atoms with van der Waals surface area (Å²) in [6.07, 6.45) is 2.61. The molecule has 3 aromatic carbocycles. The third kappa shape index (κ3) is 4.26. The average molecular weight is 477 g/mol. The van der Waals surface area contributed by atoms with Crippen molar-refractivity contribution in [1.82, 2.24) is 19.8 Å². The lowest BCUT2D eigenvalue weighted by atomic mass is 10.0. The monoisotopic (exact) mass is 476 g/mol. The zero-order valence-corrected chi connectivity index (χ0v) is 20.2. The summed E-state index contributed by atoms with van der Waals surface area (Å²) in [5, 5.41) is 2.15. The van der Waals surface area contributed by atoms with Crippen LogP contribution < -0.4 is 0 Å². The molecule has 2 aromatic heterocycles. The van der Waals surface area contributed by atoms with Gasteiger partial charge in [0.1, 0.15) is 12.2 Å². The number of fused-ring (bicyclic) bond motifs is 2. The highest BCUT2D eigenvalue weighted by Crippen LogP contribution is 2.24. The molecule has 1 aliphatic heterocycles. The first kappa shape index (κ1) is 22.2. The molecule has 1 fully saturated rings. The molecule has 1 saturated heterocycles. The summed E-state index contributed by atoms with van der Waals surface area (Å²) >= 11 is 0. The van der Waals surface area contributed by atoms with E-state index in [2.05, 4.69) is 46.4 Å². The number of carbonyl (C=O) groups excluding carboxylic acids is 2. The van der Waals surface area contributed by atoms with Crippen molar-refractivity contribution in [2.45, 2.75) is 25.9 Å². The zero-order chi connectivity index (χ0) is 24.6. The Kier molecular flexibility index (Phi) is 5.56. The van der Waals surface area contributed by atoms with Gasteiger partial charge in [-0.15, -0.1) is 0 Å². The van der Waals surface area contributed by atoms with Crippen LogP contribution in [0.3, 0.4) is 0 Å². The highest BCUT2D eigenvalue weighted by molar-refractivity contribution is 6.00. The van der Waals surface area contributed by atoms with Crippen molar-refractivity contribution in [3.8, 4) is 0 Å². The number of benzene rings is 3. The number of aromatic amines is 2. The van der Waals surface area contributed by atoms with E-state index in [4.69, 9.17) is 0 Å². The minimum atomic E-state index is -0.136. The van der Waals surface area contributed by atoms with Gasteiger partial charge in [-0.2, -0.15) is 0 Å². The molecule has 6 rings (SSSR count). The van der Waals surface area contributed by atoms with Crippen LogP contribution in [0.5, 0.6) is 0 Å². The smallest absolute Gasteiger partial charge is 0.270 e. The number of hydrogen-bond donors (Lipinski definition) is 2. The fraction of sp³-hybridized carbons (Fsp3) is 0.200. The molecular weight excluding hydrogens is 448 g/mol. The van der Waals surface area contributed by atoms with Gasteiger partial charge >= 0.3 is 0 Å². The van der Waals surface area contributed by atoms with Gasteiger partial charge in [0.25, 0.3) is 5.91 Å². The quantitative estimate of drug-likeness (QED) is 0.372. The van der Waals surface area contributed by atoms with Crippen molar-refractivity contribution in [2.75, 3.05) is 13.1 Å². The largest absolute Gasteiger partial charge is 0.361 e. The van der Waals surface area contributed by atoms with Crippen LogP contribution >= 0.6 is 0 Å². The van der Waals surface area contributed by atoms with Crippen LogP contribution in [0.1, 0.15) is 27.2 Å². The minimum absolute atomic E-state index is 0.0333. The summed E-state index contributed by atoms with van der Waals surface area (Å²) in [5.74, 6) is -0.170. The van der Waals surface area contributed by atoms with E-state index in [9.17, 15) is 9.59 Å². The van der Waals surface area contributed by atoms with Crippen molar-refractivity contribution in [3.63, 3.8) is 0 Å². The number of aromatic nitrogens is 2. The molecule has 0 aliphatic carbocycles. The molecule has 1 aliphatic rings. The summed E-state index contributed by atoms with van der Waals surface area (Å²) in [4.78, 5) is 37.1. The first-order valence-corrected chi connectivity index (χ1v) is 12.3. The number of H-pyrrole nitrogens is 2. The Balaban J connectivity index is 1.28. The molecule has 6 nitrogen and oxygen atoms in total. The van der Waals surface area contributed by atoms with Gasteiger partial charge in [-0.1, -0.05) is 54.1 Å². The SMILES string of the molecule is Cc1ccc2[nH]c(C(=O)N3CC(=O)N(Cc4ccc5cc[nH]c5c4)[C@@H](Cc4ccccc4)C3)cc2c1. The van der Waals surface area contributed by atoms with Crippen LogP contribution in [0, 0.1) is 6.92 Å². The molecule has 6 heteroatoms. The van der Waals surface area contributed by atoms with Gasteiger partial charge in [-0.3, -0.25) is 9.59 Å².